The van der Waals surface area contributed by atoms with E-state index in [-0.39, 0.29) is 6.10 Å². The van der Waals surface area contributed by atoms with Gasteiger partial charge in [-0.25, -0.2) is 0 Å². The Morgan fingerprint density at radius 3 is 3.15 bits per heavy atom. The lowest BCUT2D eigenvalue weighted by molar-refractivity contribution is -0.134. The molecule has 1 aliphatic rings. The Labute approximate surface area is 76.3 Å². The van der Waals surface area contributed by atoms with Crippen molar-refractivity contribution in [2.24, 2.45) is 5.92 Å². The summed E-state index contributed by atoms with van der Waals surface area (Å²) < 4.78 is 5.01. The summed E-state index contributed by atoms with van der Waals surface area (Å²) in [5.74, 6) is 0.563. The quantitative estimate of drug-likeness (QED) is 0.685. The minimum absolute atomic E-state index is 0.0398. The van der Waals surface area contributed by atoms with Gasteiger partial charge in [0.15, 0.2) is 0 Å². The van der Waals surface area contributed by atoms with Crippen molar-refractivity contribution in [3.8, 4) is 0 Å². The Kier molecular flexibility index (Phi) is 2.29. The lowest BCUT2D eigenvalue weighted by atomic mass is 10.1. The number of nitrogens with zero attached hydrogens (tertiary/aromatic N) is 1. The van der Waals surface area contributed by atoms with Gasteiger partial charge in [0.05, 0.1) is 0 Å². The van der Waals surface area contributed by atoms with Crippen molar-refractivity contribution in [2.45, 2.75) is 25.4 Å². The predicted octanol–water partition coefficient (Wildman–Crippen LogP) is 0.904. The van der Waals surface area contributed by atoms with Crippen LogP contribution in [0.1, 0.15) is 18.5 Å². The van der Waals surface area contributed by atoms with Crippen LogP contribution >= 0.6 is 0 Å². The Morgan fingerprint density at radius 1 is 1.77 bits per heavy atom. The molecule has 1 N–H and O–H groups in total. The summed E-state index contributed by atoms with van der Waals surface area (Å²) in [6.07, 6.45) is 4.85. The standard InChI is InChI=1S/C9H12N2O2/c12-6-13-9(7-1-2-7)5-8-3-4-10-11-8/h3-4,6-7,9H,1-2,5H2,(H,10,11). The van der Waals surface area contributed by atoms with Crippen LogP contribution in [0.3, 0.4) is 0 Å². The van der Waals surface area contributed by atoms with Crippen LogP contribution in [0.25, 0.3) is 0 Å². The number of aromatic amines is 1. The van der Waals surface area contributed by atoms with E-state index in [0.29, 0.717) is 12.4 Å². The molecular weight excluding hydrogens is 168 g/mol. The number of hydrogen-bond acceptors (Lipinski definition) is 3. The van der Waals surface area contributed by atoms with Crippen LogP contribution in [0.4, 0.5) is 0 Å². The highest BCUT2D eigenvalue weighted by molar-refractivity contribution is 5.37. The molecule has 1 aromatic rings. The summed E-state index contributed by atoms with van der Waals surface area (Å²) >= 11 is 0. The van der Waals surface area contributed by atoms with Crippen LogP contribution in [-0.4, -0.2) is 22.8 Å². The highest BCUT2D eigenvalue weighted by atomic mass is 16.5. The van der Waals surface area contributed by atoms with E-state index in [1.165, 1.54) is 12.8 Å². The van der Waals surface area contributed by atoms with E-state index >= 15 is 0 Å². The van der Waals surface area contributed by atoms with Crippen molar-refractivity contribution in [1.29, 1.82) is 0 Å². The third-order valence-electron chi connectivity index (χ3n) is 2.36. The monoisotopic (exact) mass is 180 g/mol. The molecule has 70 valence electrons. The minimum atomic E-state index is 0.0398. The number of aromatic nitrogens is 2. The molecule has 1 heterocycles. The number of ether oxygens (including phenoxy) is 1. The van der Waals surface area contributed by atoms with Gasteiger partial charge in [-0.1, -0.05) is 0 Å². The van der Waals surface area contributed by atoms with E-state index in [0.717, 1.165) is 12.1 Å². The third kappa shape index (κ3) is 2.08. The van der Waals surface area contributed by atoms with Gasteiger partial charge in [0.2, 0.25) is 0 Å². The second-order valence-corrected chi connectivity index (χ2v) is 3.39. The summed E-state index contributed by atoms with van der Waals surface area (Å²) in [4.78, 5) is 10.2. The summed E-state index contributed by atoms with van der Waals surface area (Å²) in [5.41, 5.74) is 1.03. The van der Waals surface area contributed by atoms with E-state index in [1.54, 1.807) is 6.20 Å². The predicted molar refractivity (Wildman–Crippen MR) is 46.0 cm³/mol. The molecule has 1 aliphatic carbocycles. The van der Waals surface area contributed by atoms with Crippen molar-refractivity contribution in [2.75, 3.05) is 0 Å². The van der Waals surface area contributed by atoms with Gasteiger partial charge < -0.3 is 4.74 Å². The maximum absolute atomic E-state index is 10.2. The zero-order valence-electron chi connectivity index (χ0n) is 7.27. The first-order valence-electron chi connectivity index (χ1n) is 4.47. The van der Waals surface area contributed by atoms with Crippen molar-refractivity contribution in [3.05, 3.63) is 18.0 Å². The van der Waals surface area contributed by atoms with Gasteiger partial charge in [0, 0.05) is 18.3 Å². The largest absolute Gasteiger partial charge is 0.464 e. The lowest BCUT2D eigenvalue weighted by Gasteiger charge is -2.12. The molecule has 0 spiro atoms. The molecule has 1 atom stereocenters. The van der Waals surface area contributed by atoms with Gasteiger partial charge in [-0.05, 0) is 24.8 Å². The van der Waals surface area contributed by atoms with E-state index in [2.05, 4.69) is 10.2 Å². The minimum Gasteiger partial charge on any atom is -0.464 e. The fourth-order valence-corrected chi connectivity index (χ4v) is 1.48. The topological polar surface area (TPSA) is 55.0 Å². The van der Waals surface area contributed by atoms with Gasteiger partial charge in [0.25, 0.3) is 6.47 Å². The molecule has 4 heteroatoms. The Hall–Kier alpha value is -1.32. The maximum atomic E-state index is 10.2. The van der Waals surface area contributed by atoms with Gasteiger partial charge in [-0.2, -0.15) is 5.10 Å². The molecule has 1 aromatic heterocycles. The third-order valence-corrected chi connectivity index (χ3v) is 2.36. The molecule has 1 fully saturated rings. The van der Waals surface area contributed by atoms with Gasteiger partial charge in [-0.15, -0.1) is 0 Å². The summed E-state index contributed by atoms with van der Waals surface area (Å²) in [6.45, 7) is 0.541. The number of carbonyl (C=O) groups excluding carboxylic acids is 1. The molecule has 0 saturated heterocycles. The van der Waals surface area contributed by atoms with Crippen molar-refractivity contribution in [3.63, 3.8) is 0 Å². The number of nitrogens with one attached hydrogen (secondary N) is 1. The lowest BCUT2D eigenvalue weighted by Crippen LogP contribution is -2.18. The average molecular weight is 180 g/mol. The number of rotatable bonds is 5. The second kappa shape index (κ2) is 3.60. The van der Waals surface area contributed by atoms with Crippen LogP contribution < -0.4 is 0 Å². The molecule has 4 nitrogen and oxygen atoms in total. The molecule has 0 radical (unpaired) electrons. The first kappa shape index (κ1) is 8.29. The summed E-state index contributed by atoms with van der Waals surface area (Å²) in [5, 5.41) is 6.71. The van der Waals surface area contributed by atoms with E-state index in [9.17, 15) is 4.79 Å². The molecule has 0 aliphatic heterocycles. The molecule has 1 unspecified atom stereocenters. The SMILES string of the molecule is O=COC(Cc1ccn[nH]1)C1CC1. The summed E-state index contributed by atoms with van der Waals surface area (Å²) in [6, 6.07) is 1.91. The number of hydrogen-bond donors (Lipinski definition) is 1. The molecule has 2 rings (SSSR count). The number of H-pyrrole nitrogens is 1. The molecule has 1 saturated carbocycles. The Balaban J connectivity index is 1.92. The molecule has 0 bridgehead atoms. The van der Waals surface area contributed by atoms with E-state index < -0.39 is 0 Å². The highest BCUT2D eigenvalue weighted by Gasteiger charge is 2.32. The highest BCUT2D eigenvalue weighted by Crippen LogP contribution is 2.35. The van der Waals surface area contributed by atoms with Crippen LogP contribution in [0.15, 0.2) is 12.3 Å². The fraction of sp³-hybridized carbons (Fsp3) is 0.556. The smallest absolute Gasteiger partial charge is 0.293 e. The first-order valence-corrected chi connectivity index (χ1v) is 4.47. The van der Waals surface area contributed by atoms with Crippen molar-refractivity contribution in [1.82, 2.24) is 10.2 Å². The van der Waals surface area contributed by atoms with Crippen LogP contribution in [0, 0.1) is 5.92 Å². The Morgan fingerprint density at radius 2 is 2.62 bits per heavy atom. The molecular formula is C9H12N2O2. The summed E-state index contributed by atoms with van der Waals surface area (Å²) in [7, 11) is 0. The zero-order chi connectivity index (χ0) is 9.10. The normalized spacial score (nSPS) is 18.2. The first-order chi connectivity index (χ1) is 6.40. The van der Waals surface area contributed by atoms with Gasteiger partial charge in [-0.3, -0.25) is 9.89 Å². The maximum Gasteiger partial charge on any atom is 0.293 e. The van der Waals surface area contributed by atoms with Crippen LogP contribution in [0.5, 0.6) is 0 Å². The van der Waals surface area contributed by atoms with Gasteiger partial charge >= 0.3 is 0 Å². The van der Waals surface area contributed by atoms with E-state index in [4.69, 9.17) is 4.74 Å². The fourth-order valence-electron chi connectivity index (χ4n) is 1.48. The average Bonchev–Trinajstić information content (AvgIpc) is 2.85. The second-order valence-electron chi connectivity index (χ2n) is 3.39. The van der Waals surface area contributed by atoms with Gasteiger partial charge in [0.1, 0.15) is 6.10 Å². The molecule has 0 amide bonds. The molecule has 13 heavy (non-hydrogen) atoms. The van der Waals surface area contributed by atoms with E-state index in [1.807, 2.05) is 6.07 Å². The number of carbonyl (C=O) groups is 1. The van der Waals surface area contributed by atoms with Crippen LogP contribution in [-0.2, 0) is 16.0 Å². The Bertz CT molecular complexity index is 267. The van der Waals surface area contributed by atoms with Crippen molar-refractivity contribution >= 4 is 6.47 Å². The zero-order valence-corrected chi connectivity index (χ0v) is 7.27. The van der Waals surface area contributed by atoms with Crippen molar-refractivity contribution < 1.29 is 9.53 Å². The molecule has 0 aromatic carbocycles. The van der Waals surface area contributed by atoms with Crippen LogP contribution in [0.2, 0.25) is 0 Å².